The van der Waals surface area contributed by atoms with Gasteiger partial charge in [-0.15, -0.1) is 5.10 Å². The molecule has 1 aromatic heterocycles. The second-order valence-electron chi connectivity index (χ2n) is 7.03. The second kappa shape index (κ2) is 10.7. The van der Waals surface area contributed by atoms with Gasteiger partial charge in [-0.25, -0.2) is 4.79 Å². The fraction of sp³-hybridized carbons (Fsp3) is 0.0370. The van der Waals surface area contributed by atoms with Gasteiger partial charge in [-0.1, -0.05) is 60.7 Å². The molecule has 0 unspecified atom stereocenters. The summed E-state index contributed by atoms with van der Waals surface area (Å²) in [6.07, 6.45) is 2.88. The monoisotopic (exact) mass is 452 g/mol. The minimum atomic E-state index is -0.638. The van der Waals surface area contributed by atoms with E-state index in [2.05, 4.69) is 10.2 Å². The van der Waals surface area contributed by atoms with Gasteiger partial charge in [-0.2, -0.15) is 5.10 Å². The Balaban J connectivity index is 1.58. The molecule has 7 nitrogen and oxygen atoms in total. The fourth-order valence-electron chi connectivity index (χ4n) is 3.10. The van der Waals surface area contributed by atoms with E-state index >= 15 is 0 Å². The van der Waals surface area contributed by atoms with Crippen LogP contribution in [-0.4, -0.2) is 30.8 Å². The molecule has 7 heteroatoms. The van der Waals surface area contributed by atoms with Gasteiger partial charge in [-0.3, -0.25) is 4.79 Å². The van der Waals surface area contributed by atoms with Gasteiger partial charge in [0.25, 0.3) is 0 Å². The Hall–Kier alpha value is -4.78. The lowest BCUT2D eigenvalue weighted by molar-refractivity contribution is 0.0696. The molecule has 4 rings (SSSR count). The Morgan fingerprint density at radius 3 is 2.18 bits per heavy atom. The summed E-state index contributed by atoms with van der Waals surface area (Å²) >= 11 is 0. The summed E-state index contributed by atoms with van der Waals surface area (Å²) in [5.41, 5.74) is 2.04. The molecule has 0 bridgehead atoms. The highest BCUT2D eigenvalue weighted by Gasteiger charge is 2.17. The van der Waals surface area contributed by atoms with Crippen molar-refractivity contribution in [2.24, 2.45) is 10.2 Å². The average molecular weight is 452 g/mol. The maximum Gasteiger partial charge on any atom is 0.379 e. The summed E-state index contributed by atoms with van der Waals surface area (Å²) in [7, 11) is 1.46. The molecule has 0 radical (unpaired) electrons. The lowest BCUT2D eigenvalue weighted by Gasteiger charge is -2.08. The van der Waals surface area contributed by atoms with Gasteiger partial charge in [0.05, 0.1) is 19.6 Å². The number of carbonyl (C=O) groups excluding carboxylic acids is 2. The third-order valence-electron chi connectivity index (χ3n) is 4.78. The van der Waals surface area contributed by atoms with Crippen LogP contribution in [0.3, 0.4) is 0 Å². The zero-order chi connectivity index (χ0) is 23.8. The van der Waals surface area contributed by atoms with Crippen LogP contribution >= 0.6 is 0 Å². The van der Waals surface area contributed by atoms with Gasteiger partial charge in [0.2, 0.25) is 11.5 Å². The van der Waals surface area contributed by atoms with Gasteiger partial charge in [0.1, 0.15) is 5.71 Å². The molecule has 4 aromatic rings. The van der Waals surface area contributed by atoms with Crippen molar-refractivity contribution in [2.45, 2.75) is 0 Å². The summed E-state index contributed by atoms with van der Waals surface area (Å²) in [6, 6.07) is 26.1. The molecule has 0 aliphatic rings. The van der Waals surface area contributed by atoms with Crippen molar-refractivity contribution in [3.05, 3.63) is 120 Å². The van der Waals surface area contributed by atoms with Crippen LogP contribution < -0.4 is 9.47 Å². The zero-order valence-electron chi connectivity index (χ0n) is 18.3. The molecule has 0 aliphatic carbocycles. The normalized spacial score (nSPS) is 11.4. The standard InChI is InChI=1S/C27H20N2O5/c1-32-24-17-19(14-15-22(24)34-27(31)23-13-8-16-33-23)18-28-29-25(20-9-4-2-5-10-20)26(30)21-11-6-3-7-12-21/h2-18H,1H3/b28-18-,29-25-. The lowest BCUT2D eigenvalue weighted by Crippen LogP contribution is -2.15. The van der Waals surface area contributed by atoms with Crippen LogP contribution in [0.1, 0.15) is 32.0 Å². The Morgan fingerprint density at radius 2 is 1.53 bits per heavy atom. The Labute approximate surface area is 196 Å². The predicted molar refractivity (Wildman–Crippen MR) is 128 cm³/mol. The first kappa shape index (κ1) is 22.4. The first-order chi connectivity index (χ1) is 16.7. The van der Waals surface area contributed by atoms with Crippen molar-refractivity contribution in [1.82, 2.24) is 0 Å². The van der Waals surface area contributed by atoms with Crippen molar-refractivity contribution in [2.75, 3.05) is 7.11 Å². The molecule has 1 heterocycles. The fourth-order valence-corrected chi connectivity index (χ4v) is 3.10. The molecular weight excluding hydrogens is 432 g/mol. The smallest absolute Gasteiger partial charge is 0.379 e. The van der Waals surface area contributed by atoms with Crippen molar-refractivity contribution in [1.29, 1.82) is 0 Å². The second-order valence-corrected chi connectivity index (χ2v) is 7.03. The van der Waals surface area contributed by atoms with E-state index in [9.17, 15) is 9.59 Å². The summed E-state index contributed by atoms with van der Waals surface area (Å²) in [5, 5.41) is 8.36. The minimum absolute atomic E-state index is 0.0820. The van der Waals surface area contributed by atoms with Crippen LogP contribution in [0.2, 0.25) is 0 Å². The molecule has 0 amide bonds. The van der Waals surface area contributed by atoms with E-state index in [4.69, 9.17) is 13.9 Å². The van der Waals surface area contributed by atoms with Crippen LogP contribution in [0, 0.1) is 0 Å². The number of Topliss-reactive ketones (excluding diaryl/α,β-unsaturated/α-hetero) is 1. The average Bonchev–Trinajstić information content (AvgIpc) is 3.43. The van der Waals surface area contributed by atoms with E-state index in [1.54, 1.807) is 60.7 Å². The number of hydrogen-bond acceptors (Lipinski definition) is 7. The Morgan fingerprint density at radius 1 is 0.824 bits per heavy atom. The molecular formula is C27H20N2O5. The molecule has 0 saturated carbocycles. The molecule has 0 aliphatic heterocycles. The molecule has 0 spiro atoms. The minimum Gasteiger partial charge on any atom is -0.493 e. The van der Waals surface area contributed by atoms with Crippen LogP contribution in [0.5, 0.6) is 11.5 Å². The number of methoxy groups -OCH3 is 1. The summed E-state index contributed by atoms with van der Waals surface area (Å²) in [6.45, 7) is 0. The van der Waals surface area contributed by atoms with Crippen LogP contribution in [0.25, 0.3) is 0 Å². The highest BCUT2D eigenvalue weighted by molar-refractivity contribution is 6.51. The third kappa shape index (κ3) is 5.34. The highest BCUT2D eigenvalue weighted by Crippen LogP contribution is 2.28. The van der Waals surface area contributed by atoms with Crippen molar-refractivity contribution >= 4 is 23.7 Å². The topological polar surface area (TPSA) is 90.5 Å². The van der Waals surface area contributed by atoms with Gasteiger partial charge in [0, 0.05) is 11.1 Å². The van der Waals surface area contributed by atoms with E-state index in [1.165, 1.54) is 25.7 Å². The first-order valence-corrected chi connectivity index (χ1v) is 10.4. The number of carbonyl (C=O) groups is 2. The van der Waals surface area contributed by atoms with E-state index in [-0.39, 0.29) is 23.0 Å². The number of furan rings is 1. The predicted octanol–water partition coefficient (Wildman–Crippen LogP) is 5.21. The maximum absolute atomic E-state index is 13.1. The van der Waals surface area contributed by atoms with E-state index < -0.39 is 5.97 Å². The number of hydrogen-bond donors (Lipinski definition) is 0. The zero-order valence-corrected chi connectivity index (χ0v) is 18.3. The number of nitrogens with zero attached hydrogens (tertiary/aromatic N) is 2. The van der Waals surface area contributed by atoms with E-state index in [0.29, 0.717) is 22.4 Å². The molecule has 0 fully saturated rings. The number of benzene rings is 3. The molecule has 34 heavy (non-hydrogen) atoms. The quantitative estimate of drug-likeness (QED) is 0.120. The lowest BCUT2D eigenvalue weighted by atomic mass is 10.0. The maximum atomic E-state index is 13.1. The van der Waals surface area contributed by atoms with Gasteiger partial charge >= 0.3 is 5.97 Å². The van der Waals surface area contributed by atoms with Gasteiger partial charge in [-0.05, 0) is 35.9 Å². The van der Waals surface area contributed by atoms with Crippen molar-refractivity contribution < 1.29 is 23.5 Å². The largest absolute Gasteiger partial charge is 0.493 e. The van der Waals surface area contributed by atoms with Crippen LogP contribution in [0.4, 0.5) is 0 Å². The summed E-state index contributed by atoms with van der Waals surface area (Å²) in [4.78, 5) is 25.2. The first-order valence-electron chi connectivity index (χ1n) is 10.4. The van der Waals surface area contributed by atoms with Crippen LogP contribution in [-0.2, 0) is 0 Å². The number of rotatable bonds is 8. The van der Waals surface area contributed by atoms with Crippen molar-refractivity contribution in [3.63, 3.8) is 0 Å². The molecule has 0 atom stereocenters. The van der Waals surface area contributed by atoms with Crippen molar-refractivity contribution in [3.8, 4) is 11.5 Å². The summed E-state index contributed by atoms with van der Waals surface area (Å²) in [5.74, 6) is -0.230. The molecule has 0 N–H and O–H groups in total. The number of ketones is 1. The highest BCUT2D eigenvalue weighted by atomic mass is 16.6. The molecule has 3 aromatic carbocycles. The summed E-state index contributed by atoms with van der Waals surface area (Å²) < 4.78 is 15.7. The third-order valence-corrected chi connectivity index (χ3v) is 4.78. The van der Waals surface area contributed by atoms with Gasteiger partial charge in [0.15, 0.2) is 11.5 Å². The molecule has 168 valence electrons. The number of ether oxygens (including phenoxy) is 2. The Bertz CT molecular complexity index is 1330. The Kier molecular flexibility index (Phi) is 7.05. The SMILES string of the molecule is COc1cc(/C=N\N=C(/C(=O)c2ccccc2)c2ccccc2)ccc1OC(=O)c1ccco1. The molecule has 0 saturated heterocycles. The van der Waals surface area contributed by atoms with Crippen LogP contribution in [0.15, 0.2) is 112 Å². The number of esters is 1. The van der Waals surface area contributed by atoms with E-state index in [0.717, 1.165) is 0 Å². The van der Waals surface area contributed by atoms with Gasteiger partial charge < -0.3 is 13.9 Å². The van der Waals surface area contributed by atoms with E-state index in [1.807, 2.05) is 24.3 Å².